The van der Waals surface area contributed by atoms with E-state index >= 15 is 0 Å². The van der Waals surface area contributed by atoms with E-state index in [2.05, 4.69) is 13.1 Å². The SMILES string of the molecule is C[SiH2]C.C[SiH](CCC(F)(F)F)O[Si](C)(CCC(F)(F)F)O[Si](C)(O)CCC(F)(F)F. The Kier molecular flexibility index (Phi) is 14.0. The Labute approximate surface area is 177 Å². The lowest BCUT2D eigenvalue weighted by Gasteiger charge is -2.36. The van der Waals surface area contributed by atoms with Gasteiger partial charge in [-0.2, -0.15) is 39.5 Å². The molecule has 0 aromatic rings. The van der Waals surface area contributed by atoms with Crippen LogP contribution in [0.3, 0.4) is 0 Å². The molecule has 0 radical (unpaired) electrons. The molecule has 0 aliphatic heterocycles. The van der Waals surface area contributed by atoms with E-state index in [9.17, 15) is 44.3 Å². The van der Waals surface area contributed by atoms with Crippen molar-refractivity contribution in [2.75, 3.05) is 0 Å². The maximum Gasteiger partial charge on any atom is 0.389 e. The van der Waals surface area contributed by atoms with Gasteiger partial charge in [0.1, 0.15) is 0 Å². The molecule has 3 nitrogen and oxygen atoms in total. The Morgan fingerprint density at radius 2 is 1.17 bits per heavy atom. The minimum Gasteiger partial charge on any atom is -0.439 e. The van der Waals surface area contributed by atoms with Crippen molar-refractivity contribution in [1.82, 2.24) is 0 Å². The number of hydrogen-bond donors (Lipinski definition) is 1. The van der Waals surface area contributed by atoms with Crippen LogP contribution in [0.4, 0.5) is 39.5 Å². The lowest BCUT2D eigenvalue weighted by molar-refractivity contribution is -0.132. The Morgan fingerprint density at radius 1 is 0.800 bits per heavy atom. The van der Waals surface area contributed by atoms with Gasteiger partial charge in [0, 0.05) is 28.8 Å². The average Bonchev–Trinajstić information content (AvgIpc) is 2.48. The normalized spacial score (nSPS) is 18.1. The van der Waals surface area contributed by atoms with Gasteiger partial charge in [-0.05, 0) is 37.8 Å². The molecule has 0 bridgehead atoms. The Hall–Kier alpha value is 0.118. The summed E-state index contributed by atoms with van der Waals surface area (Å²) in [5.41, 5.74) is 0. The average molecular weight is 531 g/mol. The van der Waals surface area contributed by atoms with E-state index in [0.717, 1.165) is 13.1 Å². The van der Waals surface area contributed by atoms with Crippen molar-refractivity contribution < 1.29 is 52.5 Å². The van der Waals surface area contributed by atoms with Crippen LogP contribution >= 0.6 is 0 Å². The second-order valence-corrected chi connectivity index (χ2v) is 18.4. The van der Waals surface area contributed by atoms with Crippen molar-refractivity contribution in [3.05, 3.63) is 0 Å². The molecular formula is C14H31F9O3Si4. The highest BCUT2D eigenvalue weighted by atomic mass is 28.5. The third kappa shape index (κ3) is 21.4. The standard InChI is InChI=1S/C12H23F9O3Si3.C2H8Si/c1-25(7-4-10(13,14)15)23-27(3,9-6-12(19,20)21)24-26(2,22)8-5-11(16,17)18;1-3-2/h22,25H,4-9H2,1-3H3;3H2,1-2H3. The van der Waals surface area contributed by atoms with Gasteiger partial charge in [0.15, 0.2) is 9.04 Å². The van der Waals surface area contributed by atoms with E-state index in [-0.39, 0.29) is 0 Å². The lowest BCUT2D eigenvalue weighted by atomic mass is 10.5. The van der Waals surface area contributed by atoms with Crippen LogP contribution < -0.4 is 0 Å². The molecule has 0 amide bonds. The maximum atomic E-state index is 12.5. The first-order chi connectivity index (χ1) is 13.1. The highest BCUT2D eigenvalue weighted by Crippen LogP contribution is 2.33. The molecule has 0 aromatic heterocycles. The first-order valence-electron chi connectivity index (χ1n) is 9.44. The van der Waals surface area contributed by atoms with Crippen molar-refractivity contribution >= 4 is 35.7 Å². The molecule has 1 N–H and O–H groups in total. The van der Waals surface area contributed by atoms with Gasteiger partial charge in [-0.25, -0.2) is 0 Å². The molecule has 0 aliphatic carbocycles. The van der Waals surface area contributed by atoms with Crippen LogP contribution in [0.15, 0.2) is 0 Å². The van der Waals surface area contributed by atoms with Crippen LogP contribution in [0, 0.1) is 0 Å². The largest absolute Gasteiger partial charge is 0.439 e. The van der Waals surface area contributed by atoms with Gasteiger partial charge in [-0.15, -0.1) is 0 Å². The van der Waals surface area contributed by atoms with Gasteiger partial charge < -0.3 is 13.0 Å². The van der Waals surface area contributed by atoms with Gasteiger partial charge in [0.2, 0.25) is 0 Å². The van der Waals surface area contributed by atoms with Crippen molar-refractivity contribution in [1.29, 1.82) is 0 Å². The first-order valence-corrected chi connectivity index (χ1v) is 19.8. The maximum absolute atomic E-state index is 12.5. The topological polar surface area (TPSA) is 38.7 Å². The summed E-state index contributed by atoms with van der Waals surface area (Å²) in [5.74, 6) is 0. The zero-order valence-electron chi connectivity index (χ0n) is 17.7. The quantitative estimate of drug-likeness (QED) is 0.294. The first kappa shape index (κ1) is 32.3. The molecule has 3 unspecified atom stereocenters. The van der Waals surface area contributed by atoms with E-state index in [4.69, 9.17) is 8.23 Å². The zero-order chi connectivity index (χ0) is 24.4. The fourth-order valence-corrected chi connectivity index (χ4v) is 14.0. The van der Waals surface area contributed by atoms with Crippen LogP contribution in [0.5, 0.6) is 0 Å². The molecule has 0 saturated heterocycles. The van der Waals surface area contributed by atoms with Gasteiger partial charge in [0.05, 0.1) is 0 Å². The predicted octanol–water partition coefficient (Wildman–Crippen LogP) is 5.62. The van der Waals surface area contributed by atoms with E-state index < -0.39 is 82.1 Å². The molecule has 0 spiro atoms. The molecule has 16 heteroatoms. The summed E-state index contributed by atoms with van der Waals surface area (Å²) in [7, 11) is -10.1. The highest BCUT2D eigenvalue weighted by molar-refractivity contribution is 6.82. The van der Waals surface area contributed by atoms with E-state index in [1.165, 1.54) is 6.55 Å². The fourth-order valence-electron chi connectivity index (χ4n) is 2.24. The van der Waals surface area contributed by atoms with Crippen LogP contribution in [0.25, 0.3) is 0 Å². The summed E-state index contributed by atoms with van der Waals surface area (Å²) in [4.78, 5) is 10.1. The molecule has 0 fully saturated rings. The van der Waals surface area contributed by atoms with Crippen molar-refractivity contribution in [2.45, 2.75) is 88.7 Å². The fraction of sp³-hybridized carbons (Fsp3) is 1.00. The third-order valence-corrected chi connectivity index (χ3v) is 14.0. The van der Waals surface area contributed by atoms with Crippen molar-refractivity contribution in [2.24, 2.45) is 0 Å². The summed E-state index contributed by atoms with van der Waals surface area (Å²) >= 11 is 0. The molecule has 0 aromatic carbocycles. The summed E-state index contributed by atoms with van der Waals surface area (Å²) in [6, 6.07) is -1.92. The molecule has 184 valence electrons. The molecule has 30 heavy (non-hydrogen) atoms. The smallest absolute Gasteiger partial charge is 0.389 e. The van der Waals surface area contributed by atoms with Gasteiger partial charge in [0.25, 0.3) is 0 Å². The summed E-state index contributed by atoms with van der Waals surface area (Å²) < 4.78 is 122. The molecule has 0 heterocycles. The van der Waals surface area contributed by atoms with Crippen LogP contribution in [0.2, 0.25) is 50.9 Å². The second kappa shape index (κ2) is 13.0. The van der Waals surface area contributed by atoms with Crippen molar-refractivity contribution in [3.63, 3.8) is 0 Å². The molecular weight excluding hydrogens is 499 g/mol. The summed E-state index contributed by atoms with van der Waals surface area (Å²) in [5, 5.41) is 0. The predicted molar refractivity (Wildman–Crippen MR) is 107 cm³/mol. The number of rotatable bonds is 10. The number of hydrogen-bond acceptors (Lipinski definition) is 3. The minimum atomic E-state index is -4.60. The van der Waals surface area contributed by atoms with Gasteiger partial charge >= 0.3 is 35.7 Å². The van der Waals surface area contributed by atoms with E-state index in [1.54, 1.807) is 0 Å². The Bertz CT molecular complexity index is 473. The lowest BCUT2D eigenvalue weighted by Crippen LogP contribution is -2.53. The Balaban J connectivity index is 0. The monoisotopic (exact) mass is 530 g/mol. The number of alkyl halides is 9. The molecule has 0 aliphatic rings. The third-order valence-electron chi connectivity index (χ3n) is 3.46. The zero-order valence-corrected chi connectivity index (χ0v) is 22.3. The Morgan fingerprint density at radius 3 is 1.53 bits per heavy atom. The van der Waals surface area contributed by atoms with Gasteiger partial charge in [-0.1, -0.05) is 13.1 Å². The summed E-state index contributed by atoms with van der Waals surface area (Å²) in [6.07, 6.45) is -17.6. The number of halogens is 9. The van der Waals surface area contributed by atoms with Crippen molar-refractivity contribution in [3.8, 4) is 0 Å². The van der Waals surface area contributed by atoms with Crippen LogP contribution in [0.1, 0.15) is 19.3 Å². The second-order valence-electron chi connectivity index (χ2n) is 7.43. The van der Waals surface area contributed by atoms with E-state index in [1.807, 2.05) is 0 Å². The van der Waals surface area contributed by atoms with E-state index in [0.29, 0.717) is 9.52 Å². The minimum absolute atomic E-state index is 0.409. The van der Waals surface area contributed by atoms with Gasteiger partial charge in [-0.3, -0.25) is 0 Å². The molecule has 0 rings (SSSR count). The van der Waals surface area contributed by atoms with Crippen LogP contribution in [-0.4, -0.2) is 59.0 Å². The molecule has 3 atom stereocenters. The molecule has 0 saturated carbocycles. The highest BCUT2D eigenvalue weighted by Gasteiger charge is 2.46. The van der Waals surface area contributed by atoms with Crippen LogP contribution in [-0.2, 0) is 8.23 Å². The summed E-state index contributed by atoms with van der Waals surface area (Å²) in [6.45, 7) is 8.02.